The topological polar surface area (TPSA) is 95.5 Å². The van der Waals surface area contributed by atoms with E-state index in [2.05, 4.69) is 10.6 Å². The van der Waals surface area contributed by atoms with Crippen molar-refractivity contribution in [3.8, 4) is 0 Å². The molecule has 1 saturated heterocycles. The van der Waals surface area contributed by atoms with Gasteiger partial charge in [0.05, 0.1) is 0 Å². The Balaban J connectivity index is 2.03. The maximum atomic E-state index is 11.5. The Labute approximate surface area is 109 Å². The van der Waals surface area contributed by atoms with E-state index < -0.39 is 16.8 Å². The first kappa shape index (κ1) is 14.9. The highest BCUT2D eigenvalue weighted by molar-refractivity contribution is 7.85. The van der Waals surface area contributed by atoms with Crippen molar-refractivity contribution in [3.05, 3.63) is 0 Å². The molecular weight excluding hydrogens is 256 g/mol. The summed E-state index contributed by atoms with van der Waals surface area (Å²) in [6.45, 7) is 0.484. The number of urea groups is 1. The Bertz CT molecular complexity index is 312. The van der Waals surface area contributed by atoms with Gasteiger partial charge in [-0.25, -0.2) is 4.79 Å². The van der Waals surface area contributed by atoms with Gasteiger partial charge in [0.2, 0.25) is 0 Å². The number of rotatable bonds is 6. The van der Waals surface area contributed by atoms with Gasteiger partial charge in [-0.2, -0.15) is 0 Å². The van der Waals surface area contributed by atoms with Crippen molar-refractivity contribution in [2.24, 2.45) is 0 Å². The first-order chi connectivity index (χ1) is 8.58. The molecule has 0 aliphatic carbocycles. The molecule has 1 aliphatic heterocycles. The summed E-state index contributed by atoms with van der Waals surface area (Å²) in [6, 6.07) is -0.107. The molecule has 1 heterocycles. The fourth-order valence-corrected chi connectivity index (χ4v) is 3.08. The fraction of sp³-hybridized carbons (Fsp3) is 0.818. The predicted octanol–water partition coefficient (Wildman–Crippen LogP) is 0.452. The second-order valence-corrected chi connectivity index (χ2v) is 6.07. The minimum absolute atomic E-state index is 0.113. The van der Waals surface area contributed by atoms with Crippen molar-refractivity contribution in [2.75, 3.05) is 18.1 Å². The molecule has 0 radical (unpaired) electrons. The molecule has 0 saturated carbocycles. The highest BCUT2D eigenvalue weighted by Crippen LogP contribution is 2.08. The SMILES string of the molecule is O=C(O)CCCCNC(=O)NC1CCS(=O)CC1. The van der Waals surface area contributed by atoms with Crippen LogP contribution in [0, 0.1) is 0 Å². The molecule has 7 heteroatoms. The van der Waals surface area contributed by atoms with E-state index in [1.165, 1.54) is 0 Å². The summed E-state index contributed by atoms with van der Waals surface area (Å²) in [4.78, 5) is 21.7. The van der Waals surface area contributed by atoms with Gasteiger partial charge < -0.3 is 15.7 Å². The third kappa shape index (κ3) is 6.58. The first-order valence-electron chi connectivity index (χ1n) is 6.19. The summed E-state index contributed by atoms with van der Waals surface area (Å²) in [5.41, 5.74) is 0. The molecule has 1 fully saturated rings. The third-order valence-corrected chi connectivity index (χ3v) is 4.21. The number of nitrogens with one attached hydrogen (secondary N) is 2. The first-order valence-corrected chi connectivity index (χ1v) is 7.68. The van der Waals surface area contributed by atoms with Gasteiger partial charge in [-0.1, -0.05) is 0 Å². The number of carbonyl (C=O) groups is 2. The van der Waals surface area contributed by atoms with Crippen LogP contribution in [0.4, 0.5) is 4.79 Å². The average Bonchev–Trinajstić information content (AvgIpc) is 2.31. The number of amides is 2. The standard InChI is InChI=1S/C11H20N2O4S/c14-10(15)3-1-2-6-12-11(16)13-9-4-7-18(17)8-5-9/h9H,1-8H2,(H,14,15)(H2,12,13,16). The summed E-state index contributed by atoms with van der Waals surface area (Å²) in [5, 5.41) is 14.0. The lowest BCUT2D eigenvalue weighted by atomic mass is 10.2. The number of hydrogen-bond acceptors (Lipinski definition) is 3. The van der Waals surface area contributed by atoms with Crippen LogP contribution in [0.5, 0.6) is 0 Å². The minimum atomic E-state index is -0.811. The van der Waals surface area contributed by atoms with Crippen molar-refractivity contribution >= 4 is 22.8 Å². The van der Waals surface area contributed by atoms with E-state index in [1.54, 1.807) is 0 Å². The van der Waals surface area contributed by atoms with E-state index in [0.717, 1.165) is 12.8 Å². The fourth-order valence-electron chi connectivity index (χ4n) is 1.78. The van der Waals surface area contributed by atoms with Gasteiger partial charge in [0.15, 0.2) is 0 Å². The van der Waals surface area contributed by atoms with Gasteiger partial charge in [-0.15, -0.1) is 0 Å². The Kier molecular flexibility index (Phi) is 6.70. The lowest BCUT2D eigenvalue weighted by Crippen LogP contribution is -2.45. The number of carboxylic acid groups (broad SMARTS) is 1. The number of aliphatic carboxylic acids is 1. The van der Waals surface area contributed by atoms with Crippen molar-refractivity contribution in [2.45, 2.75) is 38.1 Å². The third-order valence-electron chi connectivity index (χ3n) is 2.83. The van der Waals surface area contributed by atoms with Crippen LogP contribution in [-0.4, -0.2) is 45.4 Å². The maximum Gasteiger partial charge on any atom is 0.315 e. The number of carbonyl (C=O) groups excluding carboxylic acids is 1. The molecular formula is C11H20N2O4S. The number of hydrogen-bond donors (Lipinski definition) is 3. The average molecular weight is 276 g/mol. The molecule has 1 aliphatic rings. The maximum absolute atomic E-state index is 11.5. The quantitative estimate of drug-likeness (QED) is 0.614. The van der Waals surface area contributed by atoms with Crippen LogP contribution in [0.25, 0.3) is 0 Å². The van der Waals surface area contributed by atoms with Crippen LogP contribution in [0.15, 0.2) is 0 Å². The van der Waals surface area contributed by atoms with Gasteiger partial charge in [-0.3, -0.25) is 9.00 Å². The summed E-state index contributed by atoms with van der Waals surface area (Å²) >= 11 is 0. The molecule has 104 valence electrons. The Morgan fingerprint density at radius 1 is 1.22 bits per heavy atom. The van der Waals surface area contributed by atoms with Gasteiger partial charge >= 0.3 is 12.0 Å². The van der Waals surface area contributed by atoms with Crippen molar-refractivity contribution in [1.29, 1.82) is 0 Å². The second-order valence-electron chi connectivity index (χ2n) is 4.37. The Morgan fingerprint density at radius 2 is 1.89 bits per heavy atom. The van der Waals surface area contributed by atoms with Crippen LogP contribution in [0.2, 0.25) is 0 Å². The summed E-state index contributed by atoms with van der Waals surface area (Å²) in [5.74, 6) is 0.502. The normalized spacial score (nSPS) is 23.3. The monoisotopic (exact) mass is 276 g/mol. The zero-order valence-corrected chi connectivity index (χ0v) is 11.1. The molecule has 3 N–H and O–H groups in total. The van der Waals surface area contributed by atoms with Crippen molar-refractivity contribution in [3.63, 3.8) is 0 Å². The number of carboxylic acids is 1. The van der Waals surface area contributed by atoms with Gasteiger partial charge in [0.25, 0.3) is 0 Å². The van der Waals surface area contributed by atoms with Crippen LogP contribution < -0.4 is 10.6 Å². The number of unbranched alkanes of at least 4 members (excludes halogenated alkanes) is 1. The van der Waals surface area contributed by atoms with E-state index in [0.29, 0.717) is 30.9 Å². The van der Waals surface area contributed by atoms with Crippen LogP contribution in [-0.2, 0) is 15.6 Å². The van der Waals surface area contributed by atoms with Crippen LogP contribution >= 0.6 is 0 Å². The molecule has 0 aromatic heterocycles. The van der Waals surface area contributed by atoms with E-state index >= 15 is 0 Å². The zero-order chi connectivity index (χ0) is 13.4. The minimum Gasteiger partial charge on any atom is -0.481 e. The largest absolute Gasteiger partial charge is 0.481 e. The lowest BCUT2D eigenvalue weighted by Gasteiger charge is -2.22. The molecule has 18 heavy (non-hydrogen) atoms. The highest BCUT2D eigenvalue weighted by atomic mass is 32.2. The van der Waals surface area contributed by atoms with Gasteiger partial charge in [0.1, 0.15) is 0 Å². The molecule has 0 aromatic rings. The predicted molar refractivity (Wildman–Crippen MR) is 68.9 cm³/mol. The Hall–Kier alpha value is -1.11. The van der Waals surface area contributed by atoms with Crippen molar-refractivity contribution in [1.82, 2.24) is 10.6 Å². The molecule has 0 atom stereocenters. The Morgan fingerprint density at radius 3 is 2.50 bits per heavy atom. The van der Waals surface area contributed by atoms with E-state index in [4.69, 9.17) is 5.11 Å². The molecule has 0 bridgehead atoms. The van der Waals surface area contributed by atoms with E-state index in [9.17, 15) is 13.8 Å². The molecule has 0 unspecified atom stereocenters. The molecule has 2 amide bonds. The molecule has 6 nitrogen and oxygen atoms in total. The van der Waals surface area contributed by atoms with Gasteiger partial charge in [-0.05, 0) is 25.7 Å². The van der Waals surface area contributed by atoms with E-state index in [1.807, 2.05) is 0 Å². The smallest absolute Gasteiger partial charge is 0.315 e. The van der Waals surface area contributed by atoms with Crippen molar-refractivity contribution < 1.29 is 18.9 Å². The summed E-state index contributed by atoms with van der Waals surface area (Å²) < 4.78 is 11.1. The summed E-state index contributed by atoms with van der Waals surface area (Å²) in [6.07, 6.45) is 2.89. The second kappa shape index (κ2) is 8.07. The molecule has 0 aromatic carbocycles. The zero-order valence-electron chi connectivity index (χ0n) is 10.3. The van der Waals surface area contributed by atoms with Crippen LogP contribution in [0.3, 0.4) is 0 Å². The van der Waals surface area contributed by atoms with E-state index in [-0.39, 0.29) is 18.5 Å². The lowest BCUT2D eigenvalue weighted by molar-refractivity contribution is -0.137. The highest BCUT2D eigenvalue weighted by Gasteiger charge is 2.18. The van der Waals surface area contributed by atoms with Gasteiger partial charge in [0, 0.05) is 41.3 Å². The summed E-state index contributed by atoms with van der Waals surface area (Å²) in [7, 11) is -0.716. The molecule has 1 rings (SSSR count). The van der Waals surface area contributed by atoms with Crippen LogP contribution in [0.1, 0.15) is 32.1 Å². The molecule has 0 spiro atoms.